The number of ether oxygens (including phenoxy) is 2. The Kier molecular flexibility index (Phi) is 5.75. The lowest BCUT2D eigenvalue weighted by Gasteiger charge is -2.34. The summed E-state index contributed by atoms with van der Waals surface area (Å²) in [4.78, 5) is 19.0. The van der Waals surface area contributed by atoms with Crippen molar-refractivity contribution in [2.24, 2.45) is 5.92 Å². The highest BCUT2D eigenvalue weighted by molar-refractivity contribution is 5.68. The molecule has 1 saturated carbocycles. The summed E-state index contributed by atoms with van der Waals surface area (Å²) < 4.78 is 13.6. The topological polar surface area (TPSA) is 69.0 Å². The van der Waals surface area contributed by atoms with Gasteiger partial charge in [0.05, 0.1) is 24.5 Å². The number of hydrogen-bond acceptors (Lipinski definition) is 5. The Morgan fingerprint density at radius 2 is 1.93 bits per heavy atom. The standard InChI is InChI=1S/C23H34N4O3/c1-15-6-8-17(9-7-15)18-13-21-24-16(2)12-19(27(21)25-18)20-14-26(10-11-29-20)22(28)30-23(3,4)5/h12-13,15,17,20H,6-11,14H2,1-5H3/t15?,17?,20-/m1/s1. The largest absolute Gasteiger partial charge is 0.444 e. The van der Waals surface area contributed by atoms with Crippen LogP contribution in [0.15, 0.2) is 12.1 Å². The fraction of sp³-hybridized carbons (Fsp3) is 0.696. The van der Waals surface area contributed by atoms with Gasteiger partial charge in [-0.3, -0.25) is 0 Å². The lowest BCUT2D eigenvalue weighted by molar-refractivity contribution is -0.0454. The predicted molar refractivity (Wildman–Crippen MR) is 115 cm³/mol. The first-order valence-corrected chi connectivity index (χ1v) is 11.2. The Labute approximate surface area is 178 Å². The van der Waals surface area contributed by atoms with Gasteiger partial charge in [-0.2, -0.15) is 5.10 Å². The Balaban J connectivity index is 1.59. The van der Waals surface area contributed by atoms with E-state index in [4.69, 9.17) is 19.6 Å². The van der Waals surface area contributed by atoms with Crippen molar-refractivity contribution in [3.63, 3.8) is 0 Å². The van der Waals surface area contributed by atoms with E-state index in [2.05, 4.69) is 13.0 Å². The minimum Gasteiger partial charge on any atom is -0.444 e. The molecule has 0 N–H and O–H groups in total. The maximum Gasteiger partial charge on any atom is 0.410 e. The molecule has 0 unspecified atom stereocenters. The fourth-order valence-electron chi connectivity index (χ4n) is 4.45. The maximum absolute atomic E-state index is 12.6. The van der Waals surface area contributed by atoms with Crippen LogP contribution in [0.1, 0.15) is 82.5 Å². The lowest BCUT2D eigenvalue weighted by Crippen LogP contribution is -2.45. The molecule has 3 heterocycles. The van der Waals surface area contributed by atoms with Crippen LogP contribution < -0.4 is 0 Å². The van der Waals surface area contributed by atoms with E-state index in [1.54, 1.807) is 4.90 Å². The summed E-state index contributed by atoms with van der Waals surface area (Å²) in [7, 11) is 0. The average Bonchev–Trinajstić information content (AvgIpc) is 3.10. The molecule has 0 spiro atoms. The van der Waals surface area contributed by atoms with Gasteiger partial charge in [-0.1, -0.05) is 19.8 Å². The van der Waals surface area contributed by atoms with E-state index in [0.29, 0.717) is 25.6 Å². The van der Waals surface area contributed by atoms with Gasteiger partial charge in [0.2, 0.25) is 0 Å². The van der Waals surface area contributed by atoms with Gasteiger partial charge >= 0.3 is 6.09 Å². The molecular weight excluding hydrogens is 380 g/mol. The van der Waals surface area contributed by atoms with Gasteiger partial charge in [0.1, 0.15) is 11.7 Å². The molecule has 0 aromatic carbocycles. The number of carbonyl (C=O) groups excluding carboxylic acids is 1. The third-order valence-corrected chi connectivity index (χ3v) is 6.08. The van der Waals surface area contributed by atoms with Crippen molar-refractivity contribution in [3.8, 4) is 0 Å². The van der Waals surface area contributed by atoms with Gasteiger partial charge in [0, 0.05) is 24.2 Å². The van der Waals surface area contributed by atoms with E-state index in [-0.39, 0.29) is 12.2 Å². The van der Waals surface area contributed by atoms with E-state index in [0.717, 1.165) is 28.6 Å². The van der Waals surface area contributed by atoms with Crippen molar-refractivity contribution in [2.45, 2.75) is 77.9 Å². The molecule has 2 aromatic rings. The van der Waals surface area contributed by atoms with E-state index in [1.807, 2.05) is 38.3 Å². The van der Waals surface area contributed by atoms with Crippen LogP contribution >= 0.6 is 0 Å². The summed E-state index contributed by atoms with van der Waals surface area (Å²) in [6.07, 6.45) is 4.34. The Hall–Kier alpha value is -2.15. The number of fused-ring (bicyclic) bond motifs is 1. The number of nitrogens with zero attached hydrogens (tertiary/aromatic N) is 4. The van der Waals surface area contributed by atoms with E-state index in [9.17, 15) is 4.79 Å². The summed E-state index contributed by atoms with van der Waals surface area (Å²) in [5, 5.41) is 4.95. The summed E-state index contributed by atoms with van der Waals surface area (Å²) in [6.45, 7) is 11.4. The van der Waals surface area contributed by atoms with Gasteiger partial charge in [-0.05, 0) is 52.5 Å². The SMILES string of the molecule is Cc1cc([C@H]2CN(C(=O)OC(C)(C)C)CCO2)n2nc(C3CCC(C)CC3)cc2n1. The minimum absolute atomic E-state index is 0.255. The molecule has 1 aliphatic carbocycles. The molecule has 164 valence electrons. The molecular formula is C23H34N4O3. The first-order chi connectivity index (χ1) is 14.2. The monoisotopic (exact) mass is 414 g/mol. The molecule has 0 bridgehead atoms. The van der Waals surface area contributed by atoms with Gasteiger partial charge in [-0.15, -0.1) is 0 Å². The van der Waals surface area contributed by atoms with E-state index >= 15 is 0 Å². The van der Waals surface area contributed by atoms with Crippen molar-refractivity contribution < 1.29 is 14.3 Å². The third-order valence-electron chi connectivity index (χ3n) is 6.08. The molecule has 4 rings (SSSR count). The molecule has 1 aliphatic heterocycles. The summed E-state index contributed by atoms with van der Waals surface area (Å²) in [6, 6.07) is 4.15. The first-order valence-electron chi connectivity index (χ1n) is 11.2. The Morgan fingerprint density at radius 3 is 2.63 bits per heavy atom. The molecule has 1 amide bonds. The third kappa shape index (κ3) is 4.61. The predicted octanol–water partition coefficient (Wildman–Crippen LogP) is 4.64. The molecule has 2 aliphatic rings. The second-order valence-corrected chi connectivity index (χ2v) is 9.90. The van der Waals surface area contributed by atoms with Crippen molar-refractivity contribution in [3.05, 3.63) is 29.2 Å². The Morgan fingerprint density at radius 1 is 1.20 bits per heavy atom. The number of carbonyl (C=O) groups is 1. The van der Waals surface area contributed by atoms with Gasteiger partial charge in [-0.25, -0.2) is 14.3 Å². The highest BCUT2D eigenvalue weighted by Crippen LogP contribution is 2.35. The summed E-state index contributed by atoms with van der Waals surface area (Å²) in [5.41, 5.74) is 3.35. The van der Waals surface area contributed by atoms with Gasteiger partial charge < -0.3 is 14.4 Å². The molecule has 1 atom stereocenters. The fourth-order valence-corrected chi connectivity index (χ4v) is 4.45. The van der Waals surface area contributed by atoms with Crippen LogP contribution in [0.2, 0.25) is 0 Å². The van der Waals surface area contributed by atoms with E-state index in [1.165, 1.54) is 25.7 Å². The number of hydrogen-bond donors (Lipinski definition) is 0. The minimum atomic E-state index is -0.514. The second-order valence-electron chi connectivity index (χ2n) is 9.90. The number of aromatic nitrogens is 3. The van der Waals surface area contributed by atoms with Crippen LogP contribution in [0.5, 0.6) is 0 Å². The van der Waals surface area contributed by atoms with Crippen molar-refractivity contribution in [1.29, 1.82) is 0 Å². The van der Waals surface area contributed by atoms with Crippen molar-refractivity contribution in [1.82, 2.24) is 19.5 Å². The van der Waals surface area contributed by atoms with Crippen LogP contribution in [0.4, 0.5) is 4.79 Å². The van der Waals surface area contributed by atoms with Crippen LogP contribution in [0.3, 0.4) is 0 Å². The van der Waals surface area contributed by atoms with Crippen LogP contribution in [-0.2, 0) is 9.47 Å². The number of morpholine rings is 1. The number of aryl methyl sites for hydroxylation is 1. The normalized spacial score (nSPS) is 25.5. The zero-order valence-electron chi connectivity index (χ0n) is 18.9. The molecule has 30 heavy (non-hydrogen) atoms. The second kappa shape index (κ2) is 8.17. The van der Waals surface area contributed by atoms with Crippen LogP contribution in [0.25, 0.3) is 5.65 Å². The molecule has 2 fully saturated rings. The molecule has 7 heteroatoms. The summed E-state index contributed by atoms with van der Waals surface area (Å²) >= 11 is 0. The van der Waals surface area contributed by atoms with Crippen molar-refractivity contribution in [2.75, 3.05) is 19.7 Å². The van der Waals surface area contributed by atoms with Gasteiger partial charge in [0.15, 0.2) is 5.65 Å². The first kappa shape index (κ1) is 21.1. The smallest absolute Gasteiger partial charge is 0.410 e. The number of rotatable bonds is 2. The molecule has 7 nitrogen and oxygen atoms in total. The van der Waals surface area contributed by atoms with Gasteiger partial charge in [0.25, 0.3) is 0 Å². The molecule has 2 aromatic heterocycles. The zero-order valence-corrected chi connectivity index (χ0v) is 18.9. The maximum atomic E-state index is 12.6. The summed E-state index contributed by atoms with van der Waals surface area (Å²) in [5.74, 6) is 1.31. The lowest BCUT2D eigenvalue weighted by atomic mass is 9.81. The quantitative estimate of drug-likeness (QED) is 0.716. The highest BCUT2D eigenvalue weighted by Gasteiger charge is 2.31. The Bertz CT molecular complexity index is 909. The highest BCUT2D eigenvalue weighted by atomic mass is 16.6. The van der Waals surface area contributed by atoms with Crippen LogP contribution in [-0.4, -0.2) is 50.9 Å². The van der Waals surface area contributed by atoms with Crippen molar-refractivity contribution >= 4 is 11.7 Å². The van der Waals surface area contributed by atoms with E-state index < -0.39 is 5.60 Å². The zero-order chi connectivity index (χ0) is 21.5. The molecule has 1 saturated heterocycles. The van der Waals surface area contributed by atoms with Crippen LogP contribution in [0, 0.1) is 12.8 Å². The molecule has 0 radical (unpaired) electrons. The average molecular weight is 415 g/mol. The number of amides is 1.